The lowest BCUT2D eigenvalue weighted by Gasteiger charge is -2.54. The number of esters is 1. The number of allylic oxidation sites excluding steroid dienone is 1. The van der Waals surface area contributed by atoms with Gasteiger partial charge in [0.05, 0.1) is 0 Å². The minimum Gasteiger partial charge on any atom is -0.462 e. The van der Waals surface area contributed by atoms with Crippen LogP contribution in [0.25, 0.3) is 0 Å². The van der Waals surface area contributed by atoms with Crippen LogP contribution in [0.1, 0.15) is 71.6 Å². The van der Waals surface area contributed by atoms with Crippen LogP contribution < -0.4 is 0 Å². The van der Waals surface area contributed by atoms with E-state index < -0.39 is 0 Å². The Balaban J connectivity index is 0.000000932. The van der Waals surface area contributed by atoms with Crippen LogP contribution in [0.4, 0.5) is 0 Å². The fourth-order valence-electron chi connectivity index (χ4n) is 7.86. The molecule has 0 aliphatic heterocycles. The van der Waals surface area contributed by atoms with E-state index >= 15 is 0 Å². The van der Waals surface area contributed by atoms with Crippen molar-refractivity contribution < 1.29 is 14.3 Å². The Hall–Kier alpha value is -0.830. The molecule has 156 valence electrons. The van der Waals surface area contributed by atoms with E-state index in [0.717, 1.165) is 49.4 Å². The zero-order chi connectivity index (χ0) is 20.1. The summed E-state index contributed by atoms with van der Waals surface area (Å²) in [5.41, 5.74) is 1.76. The van der Waals surface area contributed by atoms with Gasteiger partial charge in [-0.15, -0.1) is 11.6 Å². The van der Waals surface area contributed by atoms with E-state index in [2.05, 4.69) is 18.5 Å². The first-order chi connectivity index (χ1) is 13.6. The lowest BCUT2D eigenvalue weighted by atomic mass is 9.51. The summed E-state index contributed by atoms with van der Waals surface area (Å²) in [4.78, 5) is 24.0. The summed E-state index contributed by atoms with van der Waals surface area (Å²) in [5.74, 6) is 4.86. The van der Waals surface area contributed by atoms with Crippen LogP contribution in [-0.4, -0.2) is 24.2 Å². The van der Waals surface area contributed by atoms with Gasteiger partial charge in [0, 0.05) is 24.6 Å². The molecule has 28 heavy (non-hydrogen) atoms. The SMILES string of the molecule is CCC(=O)O[C@H]1CCC2C3C(CCC21CC)C1CCC(=O)C=C1C1CC13.CCl. The van der Waals surface area contributed by atoms with Crippen molar-refractivity contribution in [3.8, 4) is 0 Å². The highest BCUT2D eigenvalue weighted by Crippen LogP contribution is 2.71. The Kier molecular flexibility index (Phi) is 5.68. The van der Waals surface area contributed by atoms with E-state index in [1.807, 2.05) is 13.0 Å². The highest BCUT2D eigenvalue weighted by Gasteiger charge is 2.65. The number of rotatable bonds is 3. The molecule has 4 fully saturated rings. The van der Waals surface area contributed by atoms with Crippen molar-refractivity contribution in [2.24, 2.45) is 40.9 Å². The second-order valence-corrected chi connectivity index (χ2v) is 9.64. The van der Waals surface area contributed by atoms with Gasteiger partial charge in [-0.2, -0.15) is 0 Å². The molecule has 0 aromatic carbocycles. The zero-order valence-electron chi connectivity index (χ0n) is 17.6. The van der Waals surface area contributed by atoms with E-state index in [4.69, 9.17) is 4.74 Å². The van der Waals surface area contributed by atoms with Gasteiger partial charge in [-0.05, 0) is 86.5 Å². The standard InChI is InChI=1S/C23H32O3.CH3Cl/c1-3-21(25)26-20-8-7-19-22-15(9-10-23(19,20)4-2)14-6-5-13(24)11-16(14)17-12-18(17)22;1-2/h11,14-15,17-20,22H,3-10,12H2,1-2H3;1H3/t14?,15?,17?,18?,19?,20-,22?,23?;/m0./s1. The van der Waals surface area contributed by atoms with Crippen molar-refractivity contribution in [3.05, 3.63) is 11.6 Å². The smallest absolute Gasteiger partial charge is 0.305 e. The van der Waals surface area contributed by atoms with E-state index in [1.165, 1.54) is 37.6 Å². The van der Waals surface area contributed by atoms with Gasteiger partial charge in [0.1, 0.15) is 6.10 Å². The summed E-state index contributed by atoms with van der Waals surface area (Å²) in [6, 6.07) is 0. The summed E-state index contributed by atoms with van der Waals surface area (Å²) in [7, 11) is 0. The molecule has 4 heteroatoms. The van der Waals surface area contributed by atoms with Gasteiger partial charge in [-0.3, -0.25) is 9.59 Å². The minimum absolute atomic E-state index is 0.0189. The quantitative estimate of drug-likeness (QED) is 0.455. The number of ketones is 1. The molecule has 0 bridgehead atoms. The van der Waals surface area contributed by atoms with E-state index in [9.17, 15) is 9.59 Å². The molecule has 0 aromatic rings. The Labute approximate surface area is 174 Å². The molecule has 5 aliphatic rings. The molecular weight excluding hydrogens is 372 g/mol. The number of halogens is 1. The molecule has 0 spiro atoms. The fraction of sp³-hybridized carbons (Fsp3) is 0.833. The Morgan fingerprint density at radius 1 is 1.14 bits per heavy atom. The number of alkyl halides is 1. The van der Waals surface area contributed by atoms with Gasteiger partial charge < -0.3 is 4.74 Å². The van der Waals surface area contributed by atoms with Crippen molar-refractivity contribution in [1.29, 1.82) is 0 Å². The largest absolute Gasteiger partial charge is 0.462 e. The van der Waals surface area contributed by atoms with E-state index in [0.29, 0.717) is 24.0 Å². The second-order valence-electron chi connectivity index (χ2n) is 9.64. The van der Waals surface area contributed by atoms with Crippen molar-refractivity contribution in [3.63, 3.8) is 0 Å². The summed E-state index contributed by atoms with van der Waals surface area (Å²) < 4.78 is 5.98. The maximum atomic E-state index is 12.0. The van der Waals surface area contributed by atoms with Crippen molar-refractivity contribution in [2.45, 2.75) is 77.7 Å². The maximum absolute atomic E-state index is 12.0. The molecule has 5 aliphatic carbocycles. The molecule has 0 saturated heterocycles. The molecule has 0 amide bonds. The molecule has 5 rings (SSSR count). The van der Waals surface area contributed by atoms with Gasteiger partial charge in [0.25, 0.3) is 0 Å². The van der Waals surface area contributed by atoms with Gasteiger partial charge in [0.2, 0.25) is 0 Å². The van der Waals surface area contributed by atoms with Crippen LogP contribution in [0.2, 0.25) is 0 Å². The number of carbonyl (C=O) groups is 2. The molecule has 0 radical (unpaired) electrons. The molecule has 0 aromatic heterocycles. The van der Waals surface area contributed by atoms with Gasteiger partial charge in [0.15, 0.2) is 5.78 Å². The summed E-state index contributed by atoms with van der Waals surface area (Å²) in [6.45, 7) is 4.22. The first-order valence-corrected chi connectivity index (χ1v) is 12.2. The Morgan fingerprint density at radius 2 is 1.93 bits per heavy atom. The fourth-order valence-corrected chi connectivity index (χ4v) is 7.86. The van der Waals surface area contributed by atoms with Gasteiger partial charge in [-0.25, -0.2) is 0 Å². The molecule has 7 unspecified atom stereocenters. The molecule has 8 atom stereocenters. The maximum Gasteiger partial charge on any atom is 0.305 e. The van der Waals surface area contributed by atoms with Crippen molar-refractivity contribution in [2.75, 3.05) is 6.38 Å². The first-order valence-electron chi connectivity index (χ1n) is 11.4. The van der Waals surface area contributed by atoms with Crippen molar-refractivity contribution in [1.82, 2.24) is 0 Å². The molecule has 0 heterocycles. The normalized spacial score (nSPS) is 45.4. The van der Waals surface area contributed by atoms with Crippen LogP contribution in [0.15, 0.2) is 11.6 Å². The predicted octanol–water partition coefficient (Wildman–Crippen LogP) is 5.55. The van der Waals surface area contributed by atoms with Crippen LogP contribution in [0.3, 0.4) is 0 Å². The second kappa shape index (κ2) is 7.78. The minimum atomic E-state index is -0.0189. The lowest BCUT2D eigenvalue weighted by molar-refractivity contribution is -0.160. The lowest BCUT2D eigenvalue weighted by Crippen LogP contribution is -2.50. The van der Waals surface area contributed by atoms with E-state index in [1.54, 1.807) is 0 Å². The third kappa shape index (κ3) is 2.99. The monoisotopic (exact) mass is 406 g/mol. The number of carbonyl (C=O) groups excluding carboxylic acids is 2. The Bertz CT molecular complexity index is 671. The topological polar surface area (TPSA) is 43.4 Å². The summed E-state index contributed by atoms with van der Waals surface area (Å²) >= 11 is 4.64. The average molecular weight is 407 g/mol. The molecule has 0 N–H and O–H groups in total. The molecule has 3 nitrogen and oxygen atoms in total. The molecule has 4 saturated carbocycles. The van der Waals surface area contributed by atoms with Gasteiger partial charge >= 0.3 is 5.97 Å². The van der Waals surface area contributed by atoms with Gasteiger partial charge in [-0.1, -0.05) is 19.4 Å². The number of fused-ring (bicyclic) bond motifs is 8. The third-order valence-corrected chi connectivity index (χ3v) is 8.98. The van der Waals surface area contributed by atoms with Crippen LogP contribution in [0, 0.1) is 40.9 Å². The average Bonchev–Trinajstić information content (AvgIpc) is 3.45. The molecular formula is C24H35ClO3. The number of hydrogen-bond donors (Lipinski definition) is 0. The highest BCUT2D eigenvalue weighted by molar-refractivity contribution is 6.15. The highest BCUT2D eigenvalue weighted by atomic mass is 35.5. The van der Waals surface area contributed by atoms with Crippen LogP contribution in [0.5, 0.6) is 0 Å². The van der Waals surface area contributed by atoms with Crippen LogP contribution in [-0.2, 0) is 14.3 Å². The first kappa shape index (κ1) is 20.4. The van der Waals surface area contributed by atoms with Crippen LogP contribution >= 0.6 is 11.6 Å². The zero-order valence-corrected chi connectivity index (χ0v) is 18.3. The van der Waals surface area contributed by atoms with Crippen molar-refractivity contribution >= 4 is 23.4 Å². The number of ether oxygens (including phenoxy) is 1. The summed E-state index contributed by atoms with van der Waals surface area (Å²) in [5, 5.41) is 0. The number of hydrogen-bond acceptors (Lipinski definition) is 3. The van der Waals surface area contributed by atoms with E-state index in [-0.39, 0.29) is 17.5 Å². The Morgan fingerprint density at radius 3 is 2.64 bits per heavy atom. The third-order valence-electron chi connectivity index (χ3n) is 8.98. The predicted molar refractivity (Wildman–Crippen MR) is 111 cm³/mol. The summed E-state index contributed by atoms with van der Waals surface area (Å²) in [6.07, 6.45) is 13.2.